The van der Waals surface area contributed by atoms with E-state index in [9.17, 15) is 18.8 Å². The second-order valence-corrected chi connectivity index (χ2v) is 6.11. The molecule has 2 aromatic carbocycles. The molecular weight excluding hydrogens is 393 g/mol. The summed E-state index contributed by atoms with van der Waals surface area (Å²) in [6, 6.07) is 13.7. The number of anilines is 1. The number of carbonyl (C=O) groups excluding carboxylic acids is 3. The number of hydrogen-bond acceptors (Lipinski definition) is 6. The standard InChI is InChI=1S/C21H20FN3O5/c1-25(12-6-11-23)20(27)14-30-21(28)15-7-2-5-10-18(15)29-13-19(26)24-17-9-4-3-8-16(17)22/h2-5,7-10H,6,12-14H2,1H3,(H,24,26). The van der Waals surface area contributed by atoms with Gasteiger partial charge in [0.25, 0.3) is 11.8 Å². The van der Waals surface area contributed by atoms with Crippen LogP contribution in [0.4, 0.5) is 10.1 Å². The van der Waals surface area contributed by atoms with Crippen molar-refractivity contribution in [2.24, 2.45) is 0 Å². The van der Waals surface area contributed by atoms with Crippen LogP contribution in [-0.2, 0) is 14.3 Å². The normalized spacial score (nSPS) is 9.90. The van der Waals surface area contributed by atoms with Gasteiger partial charge >= 0.3 is 5.97 Å². The molecule has 9 heteroatoms. The number of hydrogen-bond donors (Lipinski definition) is 1. The summed E-state index contributed by atoms with van der Waals surface area (Å²) in [7, 11) is 1.50. The molecule has 2 rings (SSSR count). The minimum Gasteiger partial charge on any atom is -0.483 e. The van der Waals surface area contributed by atoms with E-state index < -0.39 is 36.8 Å². The molecule has 156 valence electrons. The van der Waals surface area contributed by atoms with E-state index in [2.05, 4.69) is 5.32 Å². The largest absolute Gasteiger partial charge is 0.483 e. The summed E-state index contributed by atoms with van der Waals surface area (Å²) < 4.78 is 24.0. The molecular formula is C21H20FN3O5. The Kier molecular flexibility index (Phi) is 8.32. The molecule has 0 spiro atoms. The fourth-order valence-corrected chi connectivity index (χ4v) is 2.31. The molecule has 0 fully saturated rings. The number of benzene rings is 2. The Morgan fingerprint density at radius 1 is 1.10 bits per heavy atom. The molecule has 0 heterocycles. The van der Waals surface area contributed by atoms with Crippen LogP contribution in [0.2, 0.25) is 0 Å². The number of amides is 2. The number of carbonyl (C=O) groups is 3. The minimum absolute atomic E-state index is 0.0119. The molecule has 0 aliphatic heterocycles. The SMILES string of the molecule is CN(CCC#N)C(=O)COC(=O)c1ccccc1OCC(=O)Nc1ccccc1F. The number of nitrogens with one attached hydrogen (secondary N) is 1. The number of nitrogens with zero attached hydrogens (tertiary/aromatic N) is 2. The van der Waals surface area contributed by atoms with Crippen molar-refractivity contribution < 1.29 is 28.2 Å². The Labute approximate surface area is 172 Å². The molecule has 0 saturated carbocycles. The molecule has 0 radical (unpaired) electrons. The van der Waals surface area contributed by atoms with Gasteiger partial charge in [-0.25, -0.2) is 9.18 Å². The second-order valence-electron chi connectivity index (χ2n) is 6.11. The maximum absolute atomic E-state index is 13.6. The summed E-state index contributed by atoms with van der Waals surface area (Å²) in [5.74, 6) is -2.38. The maximum atomic E-state index is 13.6. The number of nitriles is 1. The molecule has 0 aromatic heterocycles. The Bertz CT molecular complexity index is 958. The molecule has 0 saturated heterocycles. The van der Waals surface area contributed by atoms with Crippen LogP contribution in [-0.4, -0.2) is 49.5 Å². The molecule has 0 bridgehead atoms. The molecule has 0 aliphatic carbocycles. The fraction of sp³-hybridized carbons (Fsp3) is 0.238. The van der Waals surface area contributed by atoms with Crippen LogP contribution < -0.4 is 10.1 Å². The van der Waals surface area contributed by atoms with Gasteiger partial charge in [-0.15, -0.1) is 0 Å². The Morgan fingerprint density at radius 3 is 2.53 bits per heavy atom. The van der Waals surface area contributed by atoms with E-state index in [1.54, 1.807) is 18.2 Å². The number of likely N-dealkylation sites (N-methyl/N-ethyl adjacent to an activating group) is 1. The van der Waals surface area contributed by atoms with Gasteiger partial charge in [0.05, 0.1) is 18.2 Å². The van der Waals surface area contributed by atoms with Crippen LogP contribution in [0.15, 0.2) is 48.5 Å². The summed E-state index contributed by atoms with van der Waals surface area (Å²) >= 11 is 0. The molecule has 1 N–H and O–H groups in total. The number of ether oxygens (including phenoxy) is 2. The van der Waals surface area contributed by atoms with E-state index in [0.717, 1.165) is 0 Å². The van der Waals surface area contributed by atoms with Gasteiger partial charge in [0.2, 0.25) is 0 Å². The second kappa shape index (κ2) is 11.2. The molecule has 0 atom stereocenters. The van der Waals surface area contributed by atoms with Crippen molar-refractivity contribution in [3.63, 3.8) is 0 Å². The minimum atomic E-state index is -0.804. The van der Waals surface area contributed by atoms with Crippen molar-refractivity contribution >= 4 is 23.5 Å². The van der Waals surface area contributed by atoms with Gasteiger partial charge in [-0.2, -0.15) is 5.26 Å². The topological polar surface area (TPSA) is 109 Å². The van der Waals surface area contributed by atoms with Crippen molar-refractivity contribution in [1.82, 2.24) is 4.90 Å². The first kappa shape index (κ1) is 22.4. The third-order valence-corrected chi connectivity index (χ3v) is 3.93. The van der Waals surface area contributed by atoms with Crippen LogP contribution in [0.5, 0.6) is 5.75 Å². The first-order valence-corrected chi connectivity index (χ1v) is 8.96. The predicted molar refractivity (Wildman–Crippen MR) is 105 cm³/mol. The van der Waals surface area contributed by atoms with Crippen molar-refractivity contribution in [3.8, 4) is 11.8 Å². The molecule has 0 unspecified atom stereocenters. The predicted octanol–water partition coefficient (Wildman–Crippen LogP) is 2.37. The zero-order chi connectivity index (χ0) is 21.9. The number of para-hydroxylation sites is 2. The lowest BCUT2D eigenvalue weighted by molar-refractivity contribution is -0.133. The summed E-state index contributed by atoms with van der Waals surface area (Å²) in [4.78, 5) is 37.5. The third-order valence-electron chi connectivity index (χ3n) is 3.93. The van der Waals surface area contributed by atoms with E-state index in [0.29, 0.717) is 0 Å². The van der Waals surface area contributed by atoms with E-state index in [4.69, 9.17) is 14.7 Å². The van der Waals surface area contributed by atoms with Crippen molar-refractivity contribution in [3.05, 3.63) is 59.9 Å². The first-order chi connectivity index (χ1) is 14.4. The molecule has 30 heavy (non-hydrogen) atoms. The number of esters is 1. The van der Waals surface area contributed by atoms with Gasteiger partial charge in [-0.05, 0) is 24.3 Å². The highest BCUT2D eigenvalue weighted by Crippen LogP contribution is 2.19. The lowest BCUT2D eigenvalue weighted by atomic mass is 10.2. The van der Waals surface area contributed by atoms with Gasteiger partial charge in [-0.1, -0.05) is 24.3 Å². The number of rotatable bonds is 9. The lowest BCUT2D eigenvalue weighted by Gasteiger charge is -2.16. The van der Waals surface area contributed by atoms with Crippen molar-refractivity contribution in [2.75, 3.05) is 32.1 Å². The summed E-state index contributed by atoms with van der Waals surface area (Å²) in [5, 5.41) is 10.9. The van der Waals surface area contributed by atoms with Crippen molar-refractivity contribution in [1.29, 1.82) is 5.26 Å². The fourth-order valence-electron chi connectivity index (χ4n) is 2.31. The number of halogens is 1. The summed E-state index contributed by atoms with van der Waals surface area (Å²) in [6.07, 6.45) is 0.168. The van der Waals surface area contributed by atoms with E-state index in [1.807, 2.05) is 6.07 Å². The molecule has 2 aromatic rings. The highest BCUT2D eigenvalue weighted by molar-refractivity contribution is 5.95. The van der Waals surface area contributed by atoms with Crippen LogP contribution in [0.3, 0.4) is 0 Å². The van der Waals surface area contributed by atoms with Crippen LogP contribution in [0, 0.1) is 17.1 Å². The van der Waals surface area contributed by atoms with Crippen LogP contribution in [0.1, 0.15) is 16.8 Å². The Morgan fingerprint density at radius 2 is 1.80 bits per heavy atom. The van der Waals surface area contributed by atoms with Gasteiger partial charge in [-0.3, -0.25) is 9.59 Å². The summed E-state index contributed by atoms with van der Waals surface area (Å²) in [6.45, 7) is -0.735. The van der Waals surface area contributed by atoms with Gasteiger partial charge in [0.1, 0.15) is 17.1 Å². The smallest absolute Gasteiger partial charge is 0.342 e. The molecule has 0 aliphatic rings. The average molecular weight is 413 g/mol. The lowest BCUT2D eigenvalue weighted by Crippen LogP contribution is -2.32. The molecule has 8 nitrogen and oxygen atoms in total. The first-order valence-electron chi connectivity index (χ1n) is 8.96. The summed E-state index contributed by atoms with van der Waals surface area (Å²) in [5.41, 5.74) is 0.0431. The Hall–Kier alpha value is -3.93. The van der Waals surface area contributed by atoms with E-state index in [1.165, 1.54) is 42.3 Å². The van der Waals surface area contributed by atoms with E-state index in [-0.39, 0.29) is 30.0 Å². The van der Waals surface area contributed by atoms with Crippen LogP contribution >= 0.6 is 0 Å². The zero-order valence-corrected chi connectivity index (χ0v) is 16.3. The quantitative estimate of drug-likeness (QED) is 0.632. The molecule has 2 amide bonds. The highest BCUT2D eigenvalue weighted by Gasteiger charge is 2.18. The van der Waals surface area contributed by atoms with Gasteiger partial charge < -0.3 is 19.7 Å². The maximum Gasteiger partial charge on any atom is 0.342 e. The highest BCUT2D eigenvalue weighted by atomic mass is 19.1. The van der Waals surface area contributed by atoms with Crippen molar-refractivity contribution in [2.45, 2.75) is 6.42 Å². The zero-order valence-electron chi connectivity index (χ0n) is 16.3. The average Bonchev–Trinajstić information content (AvgIpc) is 2.75. The third kappa shape index (κ3) is 6.60. The Balaban J connectivity index is 1.92. The monoisotopic (exact) mass is 413 g/mol. The van der Waals surface area contributed by atoms with E-state index >= 15 is 0 Å². The van der Waals surface area contributed by atoms with Gasteiger partial charge in [0.15, 0.2) is 13.2 Å². The van der Waals surface area contributed by atoms with Crippen LogP contribution in [0.25, 0.3) is 0 Å². The van der Waals surface area contributed by atoms with Gasteiger partial charge in [0, 0.05) is 13.6 Å².